The van der Waals surface area contributed by atoms with Gasteiger partial charge in [0.05, 0.1) is 5.69 Å². The average molecular weight is 701 g/mol. The number of fused-ring (bicyclic) bond motifs is 2. The van der Waals surface area contributed by atoms with Gasteiger partial charge in [-0.05, 0) is 41.8 Å². The molecule has 0 bridgehead atoms. The first-order chi connectivity index (χ1) is 20.9. The van der Waals surface area contributed by atoms with E-state index in [0.29, 0.717) is 0 Å². The molecule has 45 heavy (non-hydrogen) atoms. The fourth-order valence-corrected chi connectivity index (χ4v) is 6.74. The van der Waals surface area contributed by atoms with E-state index in [0.717, 1.165) is 42.5 Å². The standard InChI is InChI=1S/C25H15ClF2N4O10S3/c26-21-17(10-20(27)30-25(21)28)29-12-4-5-13-11(8-12)9-19(44(37,38)39)22(23(13)33)32-31-16-7-6-14-15(24(16)45(40,41)42)2-1-3-18(14)43(34,35)36/h1-10,33H,(H,29,30)(H,34,35,36)(H,37,38,39)(H,40,41,42). The Morgan fingerprint density at radius 2 is 1.42 bits per heavy atom. The molecule has 1 aromatic heterocycles. The first-order valence-electron chi connectivity index (χ1n) is 11.8. The van der Waals surface area contributed by atoms with Crippen molar-refractivity contribution < 1.29 is 52.8 Å². The summed E-state index contributed by atoms with van der Waals surface area (Å²) in [5.41, 5.74) is -1.64. The number of halogens is 3. The predicted molar refractivity (Wildman–Crippen MR) is 156 cm³/mol. The van der Waals surface area contributed by atoms with Crippen LogP contribution in [0.3, 0.4) is 0 Å². The summed E-state index contributed by atoms with van der Waals surface area (Å²) in [6, 6.07) is 10.5. The number of nitrogens with zero attached hydrogens (tertiary/aromatic N) is 3. The number of phenols is 1. The number of hydrogen-bond acceptors (Lipinski definition) is 11. The van der Waals surface area contributed by atoms with Gasteiger partial charge in [0.15, 0.2) is 5.75 Å². The lowest BCUT2D eigenvalue weighted by Gasteiger charge is -2.13. The zero-order valence-electron chi connectivity index (χ0n) is 21.7. The SMILES string of the molecule is O=S(=O)(O)c1cc2cc(Nc3cc(F)nc(F)c3Cl)ccc2c(O)c1N=Nc1ccc2c(S(=O)(=O)O)cccc2c1S(=O)(=O)O. The summed E-state index contributed by atoms with van der Waals surface area (Å²) in [5.74, 6) is -3.36. The lowest BCUT2D eigenvalue weighted by molar-refractivity contribution is 0.472. The van der Waals surface area contributed by atoms with Crippen LogP contribution in [0.2, 0.25) is 5.02 Å². The van der Waals surface area contributed by atoms with Crippen LogP contribution in [-0.2, 0) is 30.4 Å². The second-order valence-electron chi connectivity index (χ2n) is 9.12. The smallest absolute Gasteiger partial charge is 0.297 e. The Morgan fingerprint density at radius 1 is 0.756 bits per heavy atom. The van der Waals surface area contributed by atoms with Crippen LogP contribution in [-0.4, -0.2) is 49.0 Å². The molecule has 5 N–H and O–H groups in total. The minimum atomic E-state index is -5.18. The first-order valence-corrected chi connectivity index (χ1v) is 16.5. The summed E-state index contributed by atoms with van der Waals surface area (Å²) in [7, 11) is -15.2. The molecule has 5 aromatic rings. The molecule has 14 nitrogen and oxygen atoms in total. The fourth-order valence-electron chi connectivity index (χ4n) is 4.41. The topological polar surface area (TPSA) is 233 Å². The van der Waals surface area contributed by atoms with Gasteiger partial charge in [0.2, 0.25) is 11.9 Å². The van der Waals surface area contributed by atoms with E-state index in [2.05, 4.69) is 20.5 Å². The van der Waals surface area contributed by atoms with Crippen molar-refractivity contribution in [3.8, 4) is 5.75 Å². The number of azo groups is 1. The molecule has 5 rings (SSSR count). The minimum absolute atomic E-state index is 0.0442. The van der Waals surface area contributed by atoms with E-state index in [1.54, 1.807) is 0 Å². The maximum Gasteiger partial charge on any atom is 0.297 e. The van der Waals surface area contributed by atoms with Crippen molar-refractivity contribution in [1.82, 2.24) is 4.98 Å². The number of benzene rings is 4. The Kier molecular flexibility index (Phi) is 7.98. The summed E-state index contributed by atoms with van der Waals surface area (Å²) in [4.78, 5) is 0.273. The van der Waals surface area contributed by atoms with Gasteiger partial charge in [-0.1, -0.05) is 29.8 Å². The van der Waals surface area contributed by atoms with Gasteiger partial charge in [0.25, 0.3) is 30.4 Å². The molecular weight excluding hydrogens is 686 g/mol. The van der Waals surface area contributed by atoms with Crippen molar-refractivity contribution in [2.24, 2.45) is 10.2 Å². The van der Waals surface area contributed by atoms with Crippen molar-refractivity contribution in [3.05, 3.63) is 77.6 Å². The molecule has 0 radical (unpaired) electrons. The van der Waals surface area contributed by atoms with Gasteiger partial charge in [0.1, 0.15) is 31.1 Å². The van der Waals surface area contributed by atoms with Gasteiger partial charge >= 0.3 is 0 Å². The number of aromatic hydroxyl groups is 1. The molecular formula is C25H15ClF2N4O10S3. The summed E-state index contributed by atoms with van der Waals surface area (Å²) in [6.07, 6.45) is 0. The Morgan fingerprint density at radius 3 is 2.07 bits per heavy atom. The lowest BCUT2D eigenvalue weighted by atomic mass is 10.1. The van der Waals surface area contributed by atoms with E-state index in [-0.39, 0.29) is 27.5 Å². The van der Waals surface area contributed by atoms with Crippen molar-refractivity contribution in [1.29, 1.82) is 0 Å². The van der Waals surface area contributed by atoms with Crippen LogP contribution in [0.4, 0.5) is 31.5 Å². The normalized spacial score (nSPS) is 12.8. The minimum Gasteiger partial charge on any atom is -0.505 e. The summed E-state index contributed by atoms with van der Waals surface area (Å²) < 4.78 is 130. The molecule has 0 saturated heterocycles. The van der Waals surface area contributed by atoms with Crippen molar-refractivity contribution in [2.75, 3.05) is 5.32 Å². The van der Waals surface area contributed by atoms with E-state index in [1.165, 1.54) is 18.2 Å². The molecule has 0 atom stereocenters. The Hall–Kier alpha value is -4.37. The number of phenolic OH excluding ortho intramolecular Hbond substituents is 1. The van der Waals surface area contributed by atoms with E-state index in [1.807, 2.05) is 0 Å². The molecule has 0 aliphatic heterocycles. The molecule has 0 fully saturated rings. The molecule has 20 heteroatoms. The first kappa shape index (κ1) is 32.0. The molecule has 1 heterocycles. The number of rotatable bonds is 7. The maximum atomic E-state index is 13.8. The fraction of sp³-hybridized carbons (Fsp3) is 0. The van der Waals surface area contributed by atoms with E-state index >= 15 is 0 Å². The molecule has 4 aromatic carbocycles. The number of nitrogens with one attached hydrogen (secondary N) is 1. The van der Waals surface area contributed by atoms with Gasteiger partial charge in [-0.3, -0.25) is 13.7 Å². The number of aromatic nitrogens is 1. The zero-order chi connectivity index (χ0) is 33.1. The Balaban J connectivity index is 1.68. The van der Waals surface area contributed by atoms with Crippen LogP contribution in [0, 0.1) is 11.9 Å². The zero-order valence-corrected chi connectivity index (χ0v) is 24.9. The van der Waals surface area contributed by atoms with Gasteiger partial charge in [-0.15, -0.1) is 10.2 Å². The van der Waals surface area contributed by atoms with Gasteiger partial charge in [0, 0.05) is 27.9 Å². The predicted octanol–water partition coefficient (Wildman–Crippen LogP) is 5.92. The Bertz CT molecular complexity index is 2440. The monoisotopic (exact) mass is 700 g/mol. The highest BCUT2D eigenvalue weighted by Crippen LogP contribution is 2.43. The third-order valence-electron chi connectivity index (χ3n) is 6.24. The van der Waals surface area contributed by atoms with Crippen molar-refractivity contribution in [3.63, 3.8) is 0 Å². The maximum absolute atomic E-state index is 13.8. The van der Waals surface area contributed by atoms with Gasteiger partial charge in [-0.25, -0.2) is 0 Å². The van der Waals surface area contributed by atoms with Crippen LogP contribution in [0.25, 0.3) is 21.5 Å². The molecule has 234 valence electrons. The van der Waals surface area contributed by atoms with Crippen LogP contribution < -0.4 is 5.32 Å². The highest BCUT2D eigenvalue weighted by Gasteiger charge is 2.25. The summed E-state index contributed by atoms with van der Waals surface area (Å²) in [5, 5.41) is 19.5. The van der Waals surface area contributed by atoms with Gasteiger partial charge < -0.3 is 10.4 Å². The second kappa shape index (κ2) is 11.2. The quantitative estimate of drug-likeness (QED) is 0.0756. The molecule has 0 aliphatic rings. The lowest BCUT2D eigenvalue weighted by Crippen LogP contribution is -2.03. The van der Waals surface area contributed by atoms with Crippen LogP contribution in [0.15, 0.2) is 85.6 Å². The molecule has 0 aliphatic carbocycles. The number of pyridine rings is 1. The third-order valence-corrected chi connectivity index (χ3v) is 9.32. The average Bonchev–Trinajstić information content (AvgIpc) is 2.92. The highest BCUT2D eigenvalue weighted by molar-refractivity contribution is 7.86. The molecule has 0 spiro atoms. The van der Waals surface area contributed by atoms with Crippen LogP contribution >= 0.6 is 11.6 Å². The van der Waals surface area contributed by atoms with Crippen LogP contribution in [0.5, 0.6) is 5.75 Å². The van der Waals surface area contributed by atoms with Crippen molar-refractivity contribution in [2.45, 2.75) is 14.7 Å². The Labute approximate surface area is 256 Å². The van der Waals surface area contributed by atoms with E-state index in [9.17, 15) is 52.8 Å². The molecule has 0 saturated carbocycles. The van der Waals surface area contributed by atoms with Crippen LogP contribution in [0.1, 0.15) is 0 Å². The largest absolute Gasteiger partial charge is 0.505 e. The van der Waals surface area contributed by atoms with E-state index < -0.39 is 84.5 Å². The van der Waals surface area contributed by atoms with Crippen molar-refractivity contribution >= 4 is 86.2 Å². The third kappa shape index (κ3) is 6.27. The van der Waals surface area contributed by atoms with Gasteiger partial charge in [-0.2, -0.15) is 39.0 Å². The molecule has 0 amide bonds. The molecule has 0 unspecified atom stereocenters. The van der Waals surface area contributed by atoms with E-state index in [4.69, 9.17) is 11.6 Å². The number of anilines is 2. The second-order valence-corrected chi connectivity index (χ2v) is 13.6. The highest BCUT2D eigenvalue weighted by atomic mass is 35.5. The summed E-state index contributed by atoms with van der Waals surface area (Å²) in [6.45, 7) is 0. The number of hydrogen-bond donors (Lipinski definition) is 5. The summed E-state index contributed by atoms with van der Waals surface area (Å²) >= 11 is 5.82.